The van der Waals surface area contributed by atoms with Gasteiger partial charge in [0.25, 0.3) is 11.1 Å². The SMILES string of the molecule is Cn1cc2c(C(=O)C[C@H]3CC[C@H](CCN4CCc5sc(OCC(C)(F)F)nc5C(O)C4)OC3)cccc2n1. The number of halogens is 2. The zero-order valence-corrected chi connectivity index (χ0v) is 22.6. The van der Waals surface area contributed by atoms with Gasteiger partial charge in [-0.1, -0.05) is 23.5 Å². The first-order valence-electron chi connectivity index (χ1n) is 13.1. The van der Waals surface area contributed by atoms with E-state index in [9.17, 15) is 18.7 Å². The zero-order valence-electron chi connectivity index (χ0n) is 21.7. The molecule has 5 rings (SSSR count). The number of aliphatic hydroxyl groups is 1. The molecule has 0 aliphatic carbocycles. The molecular weight excluding hydrogens is 514 g/mol. The van der Waals surface area contributed by atoms with Gasteiger partial charge < -0.3 is 14.6 Å². The maximum absolute atomic E-state index is 13.1. The van der Waals surface area contributed by atoms with E-state index in [4.69, 9.17) is 9.47 Å². The Morgan fingerprint density at radius 3 is 2.95 bits per heavy atom. The predicted molar refractivity (Wildman–Crippen MR) is 140 cm³/mol. The van der Waals surface area contributed by atoms with Gasteiger partial charge in [-0.05, 0) is 37.7 Å². The van der Waals surface area contributed by atoms with E-state index in [1.54, 1.807) is 4.68 Å². The third kappa shape index (κ3) is 6.56. The summed E-state index contributed by atoms with van der Waals surface area (Å²) in [6, 6.07) is 5.67. The van der Waals surface area contributed by atoms with Crippen LogP contribution in [0.15, 0.2) is 24.4 Å². The second-order valence-corrected chi connectivity index (χ2v) is 11.6. The third-order valence-electron chi connectivity index (χ3n) is 7.23. The van der Waals surface area contributed by atoms with Crippen molar-refractivity contribution in [2.45, 2.75) is 57.2 Å². The molecule has 1 N–H and O–H groups in total. The number of hydrogen-bond donors (Lipinski definition) is 1. The molecule has 0 saturated carbocycles. The molecule has 2 aromatic heterocycles. The number of alkyl halides is 2. The molecule has 1 saturated heterocycles. The highest BCUT2D eigenvalue weighted by atomic mass is 32.1. The van der Waals surface area contributed by atoms with E-state index in [0.717, 1.165) is 60.6 Å². The maximum atomic E-state index is 13.1. The number of nitrogens with zero attached hydrogens (tertiary/aromatic N) is 4. The minimum Gasteiger partial charge on any atom is -0.464 e. The number of Topliss-reactive ketones (excluding diaryl/α,β-unsaturated/α-hetero) is 1. The Balaban J connectivity index is 1.06. The fourth-order valence-corrected chi connectivity index (χ4v) is 6.22. The topological polar surface area (TPSA) is 89.7 Å². The summed E-state index contributed by atoms with van der Waals surface area (Å²) in [5.74, 6) is -2.59. The van der Waals surface area contributed by atoms with Crippen LogP contribution >= 0.6 is 11.3 Å². The van der Waals surface area contributed by atoms with Crippen LogP contribution < -0.4 is 4.74 Å². The van der Waals surface area contributed by atoms with Crippen molar-refractivity contribution >= 4 is 28.0 Å². The highest BCUT2D eigenvalue weighted by Crippen LogP contribution is 2.33. The molecule has 2 aliphatic heterocycles. The molecule has 1 unspecified atom stereocenters. The highest BCUT2D eigenvalue weighted by molar-refractivity contribution is 7.13. The number of rotatable bonds is 9. The number of aromatic nitrogens is 3. The van der Waals surface area contributed by atoms with Gasteiger partial charge in [-0.3, -0.25) is 14.4 Å². The smallest absolute Gasteiger partial charge is 0.278 e. The van der Waals surface area contributed by atoms with Crippen LogP contribution in [0.4, 0.5) is 8.78 Å². The van der Waals surface area contributed by atoms with Crippen molar-refractivity contribution in [3.8, 4) is 5.19 Å². The Labute approximate surface area is 224 Å². The number of aliphatic hydroxyl groups excluding tert-OH is 1. The van der Waals surface area contributed by atoms with E-state index >= 15 is 0 Å². The molecule has 1 aromatic carbocycles. The average molecular weight is 549 g/mol. The Kier molecular flexibility index (Phi) is 8.08. The van der Waals surface area contributed by atoms with Crippen molar-refractivity contribution in [1.29, 1.82) is 0 Å². The maximum Gasteiger partial charge on any atom is 0.278 e. The third-order valence-corrected chi connectivity index (χ3v) is 8.27. The lowest BCUT2D eigenvalue weighted by molar-refractivity contribution is -0.0258. The van der Waals surface area contributed by atoms with Crippen LogP contribution in [0.3, 0.4) is 0 Å². The van der Waals surface area contributed by atoms with E-state index in [0.29, 0.717) is 31.7 Å². The minimum atomic E-state index is -2.93. The highest BCUT2D eigenvalue weighted by Gasteiger charge is 2.29. The van der Waals surface area contributed by atoms with E-state index in [1.807, 2.05) is 31.4 Å². The number of fused-ring (bicyclic) bond motifs is 2. The van der Waals surface area contributed by atoms with Crippen LogP contribution in [0, 0.1) is 5.92 Å². The first-order chi connectivity index (χ1) is 18.1. The fraction of sp³-hybridized carbons (Fsp3) is 0.593. The summed E-state index contributed by atoms with van der Waals surface area (Å²) < 4.78 is 39.2. The first kappa shape index (κ1) is 27.1. The molecule has 0 radical (unpaired) electrons. The number of hydrogen-bond acceptors (Lipinski definition) is 8. The van der Waals surface area contributed by atoms with Crippen molar-refractivity contribution in [1.82, 2.24) is 19.7 Å². The average Bonchev–Trinajstić information content (AvgIpc) is 3.43. The molecule has 0 bridgehead atoms. The second kappa shape index (κ2) is 11.3. The number of carbonyl (C=O) groups is 1. The lowest BCUT2D eigenvalue weighted by Gasteiger charge is -2.31. The standard InChI is InChI=1S/C27H34F2N4O4S/c1-27(28,29)16-37-26-30-25-23(35)14-33(11-9-24(25)38-26)10-8-18-7-6-17(15-36-18)12-22(34)19-4-3-5-21-20(19)13-32(2)31-21/h3-5,13,17-18,23,35H,6-12,14-16H2,1-2H3/t17-,18-,23?/m1/s1. The molecule has 1 fully saturated rings. The number of carbonyl (C=O) groups excluding carboxylic acids is 1. The van der Waals surface area contributed by atoms with Crippen LogP contribution in [0.2, 0.25) is 0 Å². The molecule has 4 heterocycles. The van der Waals surface area contributed by atoms with Gasteiger partial charge in [-0.2, -0.15) is 5.10 Å². The normalized spacial score (nSPS) is 22.8. The van der Waals surface area contributed by atoms with E-state index < -0.39 is 18.6 Å². The Bertz CT molecular complexity index is 1270. The van der Waals surface area contributed by atoms with E-state index in [2.05, 4.69) is 15.0 Å². The van der Waals surface area contributed by atoms with Gasteiger partial charge in [0.1, 0.15) is 6.10 Å². The summed E-state index contributed by atoms with van der Waals surface area (Å²) in [5.41, 5.74) is 2.09. The van der Waals surface area contributed by atoms with Gasteiger partial charge in [-0.15, -0.1) is 0 Å². The molecule has 2 aliphatic rings. The predicted octanol–water partition coefficient (Wildman–Crippen LogP) is 4.41. The molecular formula is C27H34F2N4O4S. The first-order valence-corrected chi connectivity index (χ1v) is 13.9. The number of thiazole rings is 1. The van der Waals surface area contributed by atoms with Crippen LogP contribution in [-0.2, 0) is 18.2 Å². The van der Waals surface area contributed by atoms with Gasteiger partial charge >= 0.3 is 0 Å². The van der Waals surface area contributed by atoms with Gasteiger partial charge in [0.15, 0.2) is 12.4 Å². The van der Waals surface area contributed by atoms with Crippen LogP contribution in [0.25, 0.3) is 10.9 Å². The van der Waals surface area contributed by atoms with Crippen LogP contribution in [0.1, 0.15) is 59.6 Å². The Morgan fingerprint density at radius 1 is 1.34 bits per heavy atom. The van der Waals surface area contributed by atoms with Crippen molar-refractivity contribution in [3.63, 3.8) is 0 Å². The lowest BCUT2D eigenvalue weighted by atomic mass is 9.90. The minimum absolute atomic E-state index is 0.131. The number of ketones is 1. The van der Waals surface area contributed by atoms with Gasteiger partial charge in [-0.25, -0.2) is 13.8 Å². The molecule has 3 aromatic rings. The number of aryl methyl sites for hydroxylation is 1. The molecule has 11 heteroatoms. The number of benzene rings is 1. The molecule has 3 atom stereocenters. The number of β-amino-alcohol motifs (C(OH)–C–C–N with tert-alkyl or cyclic N) is 1. The number of ether oxygens (including phenoxy) is 2. The van der Waals surface area contributed by atoms with Crippen LogP contribution in [-0.4, -0.2) is 75.4 Å². The summed E-state index contributed by atoms with van der Waals surface area (Å²) in [4.78, 5) is 20.4. The molecule has 206 valence electrons. The molecule has 8 nitrogen and oxygen atoms in total. The lowest BCUT2D eigenvalue weighted by Crippen LogP contribution is -2.34. The van der Waals surface area contributed by atoms with Crippen molar-refractivity contribution < 1.29 is 28.2 Å². The fourth-order valence-electron chi connectivity index (χ4n) is 5.27. The Morgan fingerprint density at radius 2 is 2.18 bits per heavy atom. The molecule has 0 spiro atoms. The molecule has 0 amide bonds. The van der Waals surface area contributed by atoms with Crippen molar-refractivity contribution in [3.05, 3.63) is 40.5 Å². The Hall–Kier alpha value is -2.47. The van der Waals surface area contributed by atoms with Gasteiger partial charge in [0.05, 0.1) is 23.9 Å². The van der Waals surface area contributed by atoms with Gasteiger partial charge in [0.2, 0.25) is 0 Å². The van der Waals surface area contributed by atoms with Crippen molar-refractivity contribution in [2.75, 3.05) is 32.8 Å². The summed E-state index contributed by atoms with van der Waals surface area (Å²) in [5, 5.41) is 16.2. The second-order valence-electron chi connectivity index (χ2n) is 10.6. The summed E-state index contributed by atoms with van der Waals surface area (Å²) in [6.07, 6.45) is 5.10. The monoisotopic (exact) mass is 548 g/mol. The molecule has 38 heavy (non-hydrogen) atoms. The van der Waals surface area contributed by atoms with Crippen molar-refractivity contribution in [2.24, 2.45) is 13.0 Å². The summed E-state index contributed by atoms with van der Waals surface area (Å²) in [6.45, 7) is 2.62. The summed E-state index contributed by atoms with van der Waals surface area (Å²) in [7, 11) is 1.86. The van der Waals surface area contributed by atoms with Gasteiger partial charge in [0, 0.05) is 62.1 Å². The quantitative estimate of drug-likeness (QED) is 0.396. The van der Waals surface area contributed by atoms with E-state index in [1.165, 1.54) is 11.3 Å². The van der Waals surface area contributed by atoms with E-state index in [-0.39, 0.29) is 23.0 Å². The summed E-state index contributed by atoms with van der Waals surface area (Å²) >= 11 is 1.24. The zero-order chi connectivity index (χ0) is 26.9. The van der Waals surface area contributed by atoms with Crippen LogP contribution in [0.5, 0.6) is 5.19 Å². The largest absolute Gasteiger partial charge is 0.464 e.